The molecule has 1 unspecified atom stereocenters. The van der Waals surface area contributed by atoms with E-state index >= 15 is 0 Å². The lowest BCUT2D eigenvalue weighted by Crippen LogP contribution is -2.38. The Morgan fingerprint density at radius 2 is 2.32 bits per heavy atom. The van der Waals surface area contributed by atoms with Crippen LogP contribution in [-0.2, 0) is 6.54 Å². The van der Waals surface area contributed by atoms with Gasteiger partial charge in [-0.05, 0) is 25.8 Å². The molecular weight excluding hydrogens is 340 g/mol. The van der Waals surface area contributed by atoms with Gasteiger partial charge in [0.1, 0.15) is 11.5 Å². The van der Waals surface area contributed by atoms with Crippen LogP contribution in [0.15, 0.2) is 23.8 Å². The normalized spacial score (nSPS) is 17.5. The van der Waals surface area contributed by atoms with Crippen molar-refractivity contribution in [3.8, 4) is 0 Å². The Morgan fingerprint density at radius 1 is 1.48 bits per heavy atom. The van der Waals surface area contributed by atoms with Crippen molar-refractivity contribution in [1.29, 1.82) is 0 Å². The van der Waals surface area contributed by atoms with Crippen LogP contribution in [0, 0.1) is 6.92 Å². The first-order valence-corrected chi connectivity index (χ1v) is 9.05. The molecule has 2 N–H and O–H groups in total. The quantitative estimate of drug-likeness (QED) is 0.750. The van der Waals surface area contributed by atoms with Crippen molar-refractivity contribution in [2.24, 2.45) is 0 Å². The third kappa shape index (κ3) is 2.72. The third-order valence-electron chi connectivity index (χ3n) is 4.78. The minimum Gasteiger partial charge on any atom is -0.478 e. The predicted molar refractivity (Wildman–Crippen MR) is 94.2 cm³/mol. The number of aryl methyl sites for hydroxylation is 1. The van der Waals surface area contributed by atoms with E-state index in [1.54, 1.807) is 17.6 Å². The van der Waals surface area contributed by atoms with Crippen LogP contribution in [-0.4, -0.2) is 49.0 Å². The average molecular weight is 358 g/mol. The number of aromatic carboxylic acids is 1. The van der Waals surface area contributed by atoms with Crippen LogP contribution in [0.1, 0.15) is 39.5 Å². The summed E-state index contributed by atoms with van der Waals surface area (Å²) in [6.45, 7) is 3.40. The molecule has 4 rings (SSSR count). The Balaban J connectivity index is 1.59. The van der Waals surface area contributed by atoms with Crippen LogP contribution in [0.4, 0.5) is 0 Å². The molecule has 4 heterocycles. The first kappa shape index (κ1) is 15.9. The number of aromatic amines is 1. The highest BCUT2D eigenvalue weighted by Crippen LogP contribution is 2.28. The summed E-state index contributed by atoms with van der Waals surface area (Å²) in [5.74, 6) is -0.118. The number of carbonyl (C=O) groups excluding carboxylic acids is 1. The van der Waals surface area contributed by atoms with Crippen molar-refractivity contribution in [1.82, 2.24) is 19.4 Å². The Labute approximate surface area is 147 Å². The maximum absolute atomic E-state index is 12.9. The minimum absolute atomic E-state index is 0.0694. The van der Waals surface area contributed by atoms with E-state index in [1.165, 1.54) is 11.3 Å². The van der Waals surface area contributed by atoms with Gasteiger partial charge in [-0.1, -0.05) is 0 Å². The summed E-state index contributed by atoms with van der Waals surface area (Å²) in [5, 5.41) is 10.8. The summed E-state index contributed by atoms with van der Waals surface area (Å²) in [5.41, 5.74) is 1.20. The molecule has 1 fully saturated rings. The van der Waals surface area contributed by atoms with Gasteiger partial charge in [0.05, 0.1) is 21.8 Å². The molecule has 1 atom stereocenters. The van der Waals surface area contributed by atoms with Gasteiger partial charge in [0.2, 0.25) is 0 Å². The number of carboxylic acids is 1. The number of rotatable bonds is 4. The number of hydrogen-bond donors (Lipinski definition) is 2. The van der Waals surface area contributed by atoms with Crippen LogP contribution in [0.25, 0.3) is 10.2 Å². The van der Waals surface area contributed by atoms with Crippen molar-refractivity contribution in [3.05, 3.63) is 40.9 Å². The zero-order valence-electron chi connectivity index (χ0n) is 13.7. The molecule has 0 bridgehead atoms. The van der Waals surface area contributed by atoms with Crippen LogP contribution in [0.3, 0.4) is 0 Å². The number of amides is 1. The number of thiophene rings is 1. The van der Waals surface area contributed by atoms with Crippen molar-refractivity contribution in [3.63, 3.8) is 0 Å². The summed E-state index contributed by atoms with van der Waals surface area (Å²) in [6, 6.07) is 1.88. The molecule has 130 valence electrons. The second-order valence-electron chi connectivity index (χ2n) is 6.30. The molecule has 0 aromatic carbocycles. The number of nitrogens with zero attached hydrogens (tertiary/aromatic N) is 3. The zero-order chi connectivity index (χ0) is 17.6. The summed E-state index contributed by atoms with van der Waals surface area (Å²) in [4.78, 5) is 33.3. The number of nitrogens with one attached hydrogen (secondary N) is 1. The van der Waals surface area contributed by atoms with Gasteiger partial charge in [-0.15, -0.1) is 11.3 Å². The lowest BCUT2D eigenvalue weighted by Gasteiger charge is -2.25. The number of hydrogen-bond acceptors (Lipinski definition) is 4. The Kier molecular flexibility index (Phi) is 3.84. The lowest BCUT2D eigenvalue weighted by molar-refractivity contribution is 0.0694. The van der Waals surface area contributed by atoms with Crippen LogP contribution < -0.4 is 0 Å². The van der Waals surface area contributed by atoms with E-state index in [0.29, 0.717) is 11.2 Å². The van der Waals surface area contributed by atoms with E-state index in [0.717, 1.165) is 36.5 Å². The Bertz CT molecular complexity index is 954. The monoisotopic (exact) mass is 358 g/mol. The van der Waals surface area contributed by atoms with Gasteiger partial charge < -0.3 is 19.6 Å². The molecule has 0 spiro atoms. The number of imidazole rings is 1. The highest BCUT2D eigenvalue weighted by molar-refractivity contribution is 7.17. The highest BCUT2D eigenvalue weighted by atomic mass is 32.1. The topological polar surface area (TPSA) is 91.2 Å². The van der Waals surface area contributed by atoms with Crippen LogP contribution >= 0.6 is 11.3 Å². The second-order valence-corrected chi connectivity index (χ2v) is 7.21. The Hall–Kier alpha value is -2.61. The SMILES string of the molecule is Cc1nccn1CC1CCCN1C(=O)c1cc2scc(C(=O)O)c2[nH]1. The third-order valence-corrected chi connectivity index (χ3v) is 5.71. The maximum Gasteiger partial charge on any atom is 0.338 e. The zero-order valence-corrected chi connectivity index (χ0v) is 14.5. The van der Waals surface area contributed by atoms with Crippen molar-refractivity contribution >= 4 is 33.4 Å². The van der Waals surface area contributed by atoms with Crippen LogP contribution in [0.5, 0.6) is 0 Å². The van der Waals surface area contributed by atoms with Crippen molar-refractivity contribution in [2.75, 3.05) is 6.54 Å². The minimum atomic E-state index is -0.985. The van der Waals surface area contributed by atoms with Gasteiger partial charge in [-0.2, -0.15) is 0 Å². The number of carbonyl (C=O) groups is 2. The fourth-order valence-corrected chi connectivity index (χ4v) is 4.38. The highest BCUT2D eigenvalue weighted by Gasteiger charge is 2.31. The predicted octanol–water partition coefficient (Wildman–Crippen LogP) is 2.74. The van der Waals surface area contributed by atoms with Gasteiger partial charge in [0.25, 0.3) is 5.91 Å². The molecule has 7 nitrogen and oxygen atoms in total. The van der Waals surface area contributed by atoms with Gasteiger partial charge in [-0.3, -0.25) is 4.79 Å². The molecule has 25 heavy (non-hydrogen) atoms. The molecule has 1 amide bonds. The smallest absolute Gasteiger partial charge is 0.338 e. The summed E-state index contributed by atoms with van der Waals surface area (Å²) in [7, 11) is 0. The second kappa shape index (κ2) is 6.03. The molecule has 8 heteroatoms. The maximum atomic E-state index is 12.9. The molecule has 3 aromatic heterocycles. The van der Waals surface area contributed by atoms with E-state index in [9.17, 15) is 14.7 Å². The summed E-state index contributed by atoms with van der Waals surface area (Å²) in [6.07, 6.45) is 5.63. The van der Waals surface area contributed by atoms with E-state index < -0.39 is 5.97 Å². The number of carboxylic acid groups (broad SMARTS) is 1. The van der Waals surface area contributed by atoms with Gasteiger partial charge in [0, 0.05) is 30.9 Å². The van der Waals surface area contributed by atoms with Crippen molar-refractivity contribution in [2.45, 2.75) is 32.4 Å². The average Bonchev–Trinajstić information content (AvgIpc) is 3.31. The number of aromatic nitrogens is 3. The van der Waals surface area contributed by atoms with E-state index in [4.69, 9.17) is 0 Å². The Morgan fingerprint density at radius 3 is 3.04 bits per heavy atom. The molecule has 1 saturated heterocycles. The molecular formula is C17H18N4O3S. The first-order chi connectivity index (χ1) is 12.0. The van der Waals surface area contributed by atoms with Crippen LogP contribution in [0.2, 0.25) is 0 Å². The largest absolute Gasteiger partial charge is 0.478 e. The van der Waals surface area contributed by atoms with E-state index in [1.807, 2.05) is 18.0 Å². The van der Waals surface area contributed by atoms with Gasteiger partial charge in [0.15, 0.2) is 0 Å². The standard InChI is InChI=1S/C17H18N4O3S/c1-10-18-4-6-20(10)8-11-3-2-5-21(11)16(22)13-7-14-15(19-13)12(9-25-14)17(23)24/h4,6-7,9,11,19H,2-3,5,8H2,1H3,(H,23,24). The molecule has 0 aliphatic carbocycles. The van der Waals surface area contributed by atoms with E-state index in [-0.39, 0.29) is 17.5 Å². The molecule has 3 aromatic rings. The number of H-pyrrole nitrogens is 1. The molecule has 1 aliphatic heterocycles. The van der Waals surface area contributed by atoms with Gasteiger partial charge in [-0.25, -0.2) is 9.78 Å². The number of fused-ring (bicyclic) bond motifs is 1. The number of likely N-dealkylation sites (tertiary alicyclic amines) is 1. The fraction of sp³-hybridized carbons (Fsp3) is 0.353. The lowest BCUT2D eigenvalue weighted by atomic mass is 10.2. The van der Waals surface area contributed by atoms with Crippen molar-refractivity contribution < 1.29 is 14.7 Å². The molecule has 0 saturated carbocycles. The van der Waals surface area contributed by atoms with Gasteiger partial charge >= 0.3 is 5.97 Å². The molecule has 1 aliphatic rings. The summed E-state index contributed by atoms with van der Waals surface area (Å²) < 4.78 is 2.86. The molecule has 0 radical (unpaired) electrons. The summed E-state index contributed by atoms with van der Waals surface area (Å²) >= 11 is 1.33. The fourth-order valence-electron chi connectivity index (χ4n) is 3.45. The first-order valence-electron chi connectivity index (χ1n) is 8.17. The van der Waals surface area contributed by atoms with E-state index in [2.05, 4.69) is 14.5 Å².